The lowest BCUT2D eigenvalue weighted by atomic mass is 9.98. The van der Waals surface area contributed by atoms with Crippen LogP contribution in [0, 0.1) is 18.3 Å². The number of aromatic nitrogens is 1. The summed E-state index contributed by atoms with van der Waals surface area (Å²) in [5, 5.41) is 10.2. The lowest BCUT2D eigenvalue weighted by Crippen LogP contribution is -2.13. The Morgan fingerprint density at radius 3 is 2.38 bits per heavy atom. The molecule has 1 heterocycles. The Morgan fingerprint density at radius 1 is 1.09 bits per heavy atom. The predicted octanol–water partition coefficient (Wildman–Crippen LogP) is 5.09. The Kier molecular flexibility index (Phi) is 7.63. The highest BCUT2D eigenvalue weighted by atomic mass is 32.2. The van der Waals surface area contributed by atoms with Crippen LogP contribution in [0.1, 0.15) is 38.8 Å². The monoisotopic (exact) mass is 446 g/mol. The van der Waals surface area contributed by atoms with E-state index in [1.54, 1.807) is 45.2 Å². The van der Waals surface area contributed by atoms with E-state index in [9.17, 15) is 14.9 Å². The molecule has 6 nitrogen and oxygen atoms in total. The van der Waals surface area contributed by atoms with Crippen LogP contribution in [0.15, 0.2) is 59.6 Å². The van der Waals surface area contributed by atoms with Gasteiger partial charge in [-0.15, -0.1) is 0 Å². The number of nitriles is 1. The van der Waals surface area contributed by atoms with Gasteiger partial charge in [-0.05, 0) is 43.7 Å². The molecule has 1 aromatic heterocycles. The summed E-state index contributed by atoms with van der Waals surface area (Å²) < 4.78 is 10.4. The summed E-state index contributed by atoms with van der Waals surface area (Å²) in [5.74, 6) is 0.135. The normalized spacial score (nSPS) is 10.3. The molecule has 0 aliphatic heterocycles. The molecule has 0 fully saturated rings. The van der Waals surface area contributed by atoms with E-state index in [0.717, 1.165) is 5.56 Å². The number of rotatable bonds is 8. The van der Waals surface area contributed by atoms with Gasteiger partial charge in [0.25, 0.3) is 0 Å². The van der Waals surface area contributed by atoms with Gasteiger partial charge in [0.2, 0.25) is 0 Å². The molecule has 3 rings (SSSR count). The number of esters is 1. The lowest BCUT2D eigenvalue weighted by molar-refractivity contribution is 0.0525. The number of thioether (sulfide) groups is 1. The average molecular weight is 447 g/mol. The fourth-order valence-electron chi connectivity index (χ4n) is 3.16. The first-order valence-electron chi connectivity index (χ1n) is 9.97. The van der Waals surface area contributed by atoms with Crippen LogP contribution in [0.5, 0.6) is 5.75 Å². The molecule has 7 heteroatoms. The number of hydrogen-bond donors (Lipinski definition) is 0. The third-order valence-electron chi connectivity index (χ3n) is 4.80. The van der Waals surface area contributed by atoms with Crippen molar-refractivity contribution in [2.24, 2.45) is 0 Å². The van der Waals surface area contributed by atoms with Crippen LogP contribution in [0.4, 0.5) is 0 Å². The minimum absolute atomic E-state index is 0.0977. The predicted molar refractivity (Wildman–Crippen MR) is 123 cm³/mol. The maximum Gasteiger partial charge on any atom is 0.340 e. The van der Waals surface area contributed by atoms with E-state index in [-0.39, 0.29) is 29.3 Å². The molecule has 0 saturated heterocycles. The van der Waals surface area contributed by atoms with Crippen LogP contribution in [0.25, 0.3) is 11.3 Å². The second-order valence-electron chi connectivity index (χ2n) is 6.78. The molecule has 0 bridgehead atoms. The molecule has 0 unspecified atom stereocenters. The SMILES string of the molecule is CCOC(=O)c1c(-c2ccccc2)nc(SCC(=O)c2ccc(OC)cc2)c(C#N)c1C. The van der Waals surface area contributed by atoms with Gasteiger partial charge in [0.1, 0.15) is 16.8 Å². The second-order valence-corrected chi connectivity index (χ2v) is 7.74. The highest BCUT2D eigenvalue weighted by Gasteiger charge is 2.24. The van der Waals surface area contributed by atoms with Crippen molar-refractivity contribution < 1.29 is 19.1 Å². The Balaban J connectivity index is 2.00. The maximum absolute atomic E-state index is 12.7. The summed E-state index contributed by atoms with van der Waals surface area (Å²) in [5.41, 5.74) is 2.71. The van der Waals surface area contributed by atoms with E-state index >= 15 is 0 Å². The lowest BCUT2D eigenvalue weighted by Gasteiger charge is -2.15. The summed E-state index contributed by atoms with van der Waals surface area (Å²) in [6.07, 6.45) is 0. The molecule has 2 aromatic carbocycles. The van der Waals surface area contributed by atoms with Gasteiger partial charge in [-0.2, -0.15) is 5.26 Å². The van der Waals surface area contributed by atoms with Crippen LogP contribution in [0.3, 0.4) is 0 Å². The fourth-order valence-corrected chi connectivity index (χ4v) is 4.10. The number of ketones is 1. The number of Topliss-reactive ketones (excluding diaryl/α,β-unsaturated/α-hetero) is 1. The number of ether oxygens (including phenoxy) is 2. The summed E-state index contributed by atoms with van der Waals surface area (Å²) in [7, 11) is 1.56. The molecule has 0 radical (unpaired) electrons. The van der Waals surface area contributed by atoms with Crippen molar-refractivity contribution >= 4 is 23.5 Å². The number of benzene rings is 2. The Hall–Kier alpha value is -3.63. The van der Waals surface area contributed by atoms with Gasteiger partial charge < -0.3 is 9.47 Å². The van der Waals surface area contributed by atoms with Gasteiger partial charge in [0.15, 0.2) is 5.78 Å². The molecule has 0 amide bonds. The zero-order valence-electron chi connectivity index (χ0n) is 18.0. The summed E-state index contributed by atoms with van der Waals surface area (Å²) in [4.78, 5) is 30.0. The quantitative estimate of drug-likeness (QED) is 0.270. The van der Waals surface area contributed by atoms with Crippen molar-refractivity contribution in [3.8, 4) is 23.1 Å². The van der Waals surface area contributed by atoms with Crippen molar-refractivity contribution in [2.45, 2.75) is 18.9 Å². The summed E-state index contributed by atoms with van der Waals surface area (Å²) in [6.45, 7) is 3.64. The molecule has 32 heavy (non-hydrogen) atoms. The fraction of sp³-hybridized carbons (Fsp3) is 0.200. The molecule has 3 aromatic rings. The van der Waals surface area contributed by atoms with E-state index in [1.165, 1.54) is 11.8 Å². The standard InChI is InChI=1S/C25H22N2O4S/c1-4-31-25(29)22-16(2)20(14-26)24(27-23(22)18-8-6-5-7-9-18)32-15-21(28)17-10-12-19(30-3)13-11-17/h5-13H,4,15H2,1-3H3. The van der Waals surface area contributed by atoms with Gasteiger partial charge in [-0.1, -0.05) is 42.1 Å². The highest BCUT2D eigenvalue weighted by Crippen LogP contribution is 2.33. The Labute approximate surface area is 191 Å². The van der Waals surface area contributed by atoms with Crippen LogP contribution in [0.2, 0.25) is 0 Å². The number of carbonyl (C=O) groups excluding carboxylic acids is 2. The smallest absolute Gasteiger partial charge is 0.340 e. The van der Waals surface area contributed by atoms with Gasteiger partial charge in [0.05, 0.1) is 36.3 Å². The van der Waals surface area contributed by atoms with Crippen LogP contribution in [-0.4, -0.2) is 36.2 Å². The first kappa shape index (κ1) is 23.0. The van der Waals surface area contributed by atoms with Crippen molar-refractivity contribution in [1.82, 2.24) is 4.98 Å². The molecule has 0 aliphatic rings. The van der Waals surface area contributed by atoms with E-state index in [4.69, 9.17) is 9.47 Å². The van der Waals surface area contributed by atoms with Crippen LogP contribution in [-0.2, 0) is 4.74 Å². The molecular formula is C25H22N2O4S. The second kappa shape index (κ2) is 10.6. The maximum atomic E-state index is 12.7. The summed E-state index contributed by atoms with van der Waals surface area (Å²) >= 11 is 1.17. The minimum Gasteiger partial charge on any atom is -0.497 e. The van der Waals surface area contributed by atoms with Crippen molar-refractivity contribution in [3.05, 3.63) is 76.9 Å². The number of hydrogen-bond acceptors (Lipinski definition) is 7. The number of pyridine rings is 1. The molecule has 0 atom stereocenters. The van der Waals surface area contributed by atoms with E-state index in [1.807, 2.05) is 30.3 Å². The highest BCUT2D eigenvalue weighted by molar-refractivity contribution is 8.00. The first-order chi connectivity index (χ1) is 15.5. The zero-order chi connectivity index (χ0) is 23.1. The van der Waals surface area contributed by atoms with Gasteiger partial charge in [0, 0.05) is 11.1 Å². The molecule has 0 aliphatic carbocycles. The van der Waals surface area contributed by atoms with Crippen molar-refractivity contribution in [2.75, 3.05) is 19.5 Å². The summed E-state index contributed by atoms with van der Waals surface area (Å²) in [6, 6.07) is 18.2. The molecular weight excluding hydrogens is 424 g/mol. The van der Waals surface area contributed by atoms with Crippen LogP contribution < -0.4 is 4.74 Å². The number of methoxy groups -OCH3 is 1. The number of nitrogens with zero attached hydrogens (tertiary/aromatic N) is 2. The van der Waals surface area contributed by atoms with E-state index in [2.05, 4.69) is 11.1 Å². The average Bonchev–Trinajstić information content (AvgIpc) is 2.82. The Morgan fingerprint density at radius 2 is 1.78 bits per heavy atom. The van der Waals surface area contributed by atoms with E-state index < -0.39 is 5.97 Å². The van der Waals surface area contributed by atoms with E-state index in [0.29, 0.717) is 27.6 Å². The third kappa shape index (κ3) is 4.98. The largest absolute Gasteiger partial charge is 0.497 e. The van der Waals surface area contributed by atoms with Gasteiger partial charge >= 0.3 is 5.97 Å². The molecule has 0 spiro atoms. The minimum atomic E-state index is -0.529. The van der Waals surface area contributed by atoms with Gasteiger partial charge in [-0.25, -0.2) is 9.78 Å². The molecule has 0 saturated carbocycles. The Bertz CT molecular complexity index is 1170. The molecule has 0 N–H and O–H groups in total. The van der Waals surface area contributed by atoms with Crippen LogP contribution >= 0.6 is 11.8 Å². The van der Waals surface area contributed by atoms with Crippen molar-refractivity contribution in [1.29, 1.82) is 5.26 Å². The molecule has 162 valence electrons. The topological polar surface area (TPSA) is 89.3 Å². The zero-order valence-corrected chi connectivity index (χ0v) is 18.9. The van der Waals surface area contributed by atoms with Gasteiger partial charge in [-0.3, -0.25) is 4.79 Å². The third-order valence-corrected chi connectivity index (χ3v) is 5.78. The number of carbonyl (C=O) groups is 2. The van der Waals surface area contributed by atoms with Crippen molar-refractivity contribution in [3.63, 3.8) is 0 Å². The first-order valence-corrected chi connectivity index (χ1v) is 11.0.